The van der Waals surface area contributed by atoms with Crippen LogP contribution in [0, 0.1) is 0 Å². The predicted molar refractivity (Wildman–Crippen MR) is 85.7 cm³/mol. The molecule has 1 fully saturated rings. The molecule has 22 heavy (non-hydrogen) atoms. The van der Waals surface area contributed by atoms with Gasteiger partial charge in [0.15, 0.2) is 11.5 Å². The minimum absolute atomic E-state index is 0.0833. The third-order valence-corrected chi connectivity index (χ3v) is 4.48. The van der Waals surface area contributed by atoms with Crippen LogP contribution in [0.5, 0.6) is 11.5 Å². The second-order valence-electron chi connectivity index (χ2n) is 5.03. The van der Waals surface area contributed by atoms with E-state index in [4.69, 9.17) is 14.2 Å². The summed E-state index contributed by atoms with van der Waals surface area (Å²) in [7, 11) is 1.66. The third-order valence-electron chi connectivity index (χ3n) is 3.61. The Bertz CT molecular complexity index is 577. The Morgan fingerprint density at radius 2 is 2.23 bits per heavy atom. The lowest BCUT2D eigenvalue weighted by Crippen LogP contribution is -2.40. The first kappa shape index (κ1) is 15.3. The molecule has 1 aliphatic heterocycles. The monoisotopic (exact) mass is 320 g/mol. The highest BCUT2D eigenvalue weighted by Gasteiger charge is 2.23. The first-order valence-electron chi connectivity index (χ1n) is 7.36. The van der Waals surface area contributed by atoms with Gasteiger partial charge in [-0.1, -0.05) is 12.1 Å². The third kappa shape index (κ3) is 3.76. The summed E-state index contributed by atoms with van der Waals surface area (Å²) in [6, 6.07) is 7.72. The summed E-state index contributed by atoms with van der Waals surface area (Å²) in [4.78, 5) is 6.70. The maximum absolute atomic E-state index is 5.84. The van der Waals surface area contributed by atoms with E-state index in [0.717, 1.165) is 42.7 Å². The second kappa shape index (κ2) is 7.58. The molecule has 6 heteroatoms. The summed E-state index contributed by atoms with van der Waals surface area (Å²) >= 11 is 1.65. The van der Waals surface area contributed by atoms with Gasteiger partial charge < -0.3 is 14.2 Å². The second-order valence-corrected chi connectivity index (χ2v) is 5.96. The van der Waals surface area contributed by atoms with E-state index < -0.39 is 0 Å². The molecule has 0 saturated carbocycles. The summed E-state index contributed by atoms with van der Waals surface area (Å²) in [5.41, 5.74) is 0. The van der Waals surface area contributed by atoms with Crippen LogP contribution in [0.25, 0.3) is 0 Å². The number of benzene rings is 1. The van der Waals surface area contributed by atoms with Gasteiger partial charge in [0.2, 0.25) is 0 Å². The minimum Gasteiger partial charge on any atom is -0.493 e. The molecule has 2 heterocycles. The van der Waals surface area contributed by atoms with Crippen LogP contribution in [-0.4, -0.2) is 49.8 Å². The predicted octanol–water partition coefficient (Wildman–Crippen LogP) is 2.60. The number of hydrogen-bond donors (Lipinski definition) is 0. The van der Waals surface area contributed by atoms with Crippen molar-refractivity contribution in [3.8, 4) is 11.5 Å². The summed E-state index contributed by atoms with van der Waals surface area (Å²) in [5.74, 6) is 1.56. The highest BCUT2D eigenvalue weighted by atomic mass is 32.1. The van der Waals surface area contributed by atoms with Gasteiger partial charge in [-0.05, 0) is 12.1 Å². The van der Waals surface area contributed by atoms with Crippen molar-refractivity contribution in [2.45, 2.75) is 6.10 Å². The lowest BCUT2D eigenvalue weighted by Gasteiger charge is -2.31. The lowest BCUT2D eigenvalue weighted by molar-refractivity contribution is -0.0330. The maximum atomic E-state index is 5.84. The fraction of sp³-hybridized carbons (Fsp3) is 0.438. The summed E-state index contributed by atoms with van der Waals surface area (Å²) in [6.45, 7) is 4.02. The van der Waals surface area contributed by atoms with Crippen LogP contribution in [-0.2, 0) is 4.74 Å². The average Bonchev–Trinajstić information content (AvgIpc) is 3.10. The molecule has 0 spiro atoms. The molecule has 0 bridgehead atoms. The van der Waals surface area contributed by atoms with Gasteiger partial charge in [0.25, 0.3) is 0 Å². The SMILES string of the molecule is COc1ccccc1OCCN1CCO[C@@H](c2nccs2)C1. The van der Waals surface area contributed by atoms with Crippen molar-refractivity contribution < 1.29 is 14.2 Å². The number of morpholine rings is 1. The number of thiazole rings is 1. The van der Waals surface area contributed by atoms with Gasteiger partial charge >= 0.3 is 0 Å². The molecule has 1 aliphatic rings. The fourth-order valence-electron chi connectivity index (χ4n) is 2.47. The summed E-state index contributed by atoms with van der Waals surface area (Å²) in [6.07, 6.45) is 1.91. The molecular formula is C16H20N2O3S. The standard InChI is InChI=1S/C16H20N2O3S/c1-19-13-4-2-3-5-14(13)20-9-7-18-8-10-21-15(12-18)16-17-6-11-22-16/h2-6,11,15H,7-10,12H2,1H3/t15-/m1/s1. The molecule has 0 amide bonds. The van der Waals surface area contributed by atoms with Gasteiger partial charge in [-0.3, -0.25) is 4.90 Å². The van der Waals surface area contributed by atoms with E-state index in [1.54, 1.807) is 18.4 Å². The Morgan fingerprint density at radius 1 is 1.36 bits per heavy atom. The first-order chi connectivity index (χ1) is 10.9. The molecule has 0 aliphatic carbocycles. The van der Waals surface area contributed by atoms with Crippen LogP contribution < -0.4 is 9.47 Å². The van der Waals surface area contributed by atoms with Crippen molar-refractivity contribution in [2.75, 3.05) is 40.0 Å². The van der Waals surface area contributed by atoms with Crippen molar-refractivity contribution >= 4 is 11.3 Å². The molecule has 5 nitrogen and oxygen atoms in total. The number of nitrogens with zero attached hydrogens (tertiary/aromatic N) is 2. The van der Waals surface area contributed by atoms with E-state index in [2.05, 4.69) is 9.88 Å². The van der Waals surface area contributed by atoms with Crippen LogP contribution in [0.15, 0.2) is 35.8 Å². The number of para-hydroxylation sites is 2. The topological polar surface area (TPSA) is 43.8 Å². The molecule has 0 N–H and O–H groups in total. The molecule has 118 valence electrons. The smallest absolute Gasteiger partial charge is 0.161 e. The normalized spacial score (nSPS) is 19.0. The Labute approximate surface area is 134 Å². The zero-order valence-electron chi connectivity index (χ0n) is 12.6. The molecule has 2 aromatic rings. The quantitative estimate of drug-likeness (QED) is 0.818. The zero-order valence-corrected chi connectivity index (χ0v) is 13.4. The van der Waals surface area contributed by atoms with Crippen LogP contribution in [0.2, 0.25) is 0 Å². The fourth-order valence-corrected chi connectivity index (χ4v) is 3.15. The Kier molecular flexibility index (Phi) is 5.26. The van der Waals surface area contributed by atoms with E-state index in [-0.39, 0.29) is 6.10 Å². The lowest BCUT2D eigenvalue weighted by atomic mass is 10.3. The van der Waals surface area contributed by atoms with E-state index in [9.17, 15) is 0 Å². The molecule has 1 aromatic carbocycles. The van der Waals surface area contributed by atoms with Crippen LogP contribution in [0.4, 0.5) is 0 Å². The largest absolute Gasteiger partial charge is 0.493 e. The molecule has 0 radical (unpaired) electrons. The van der Waals surface area contributed by atoms with Crippen molar-refractivity contribution in [1.82, 2.24) is 9.88 Å². The van der Waals surface area contributed by atoms with Gasteiger partial charge in [0.1, 0.15) is 17.7 Å². The molecular weight excluding hydrogens is 300 g/mol. The number of methoxy groups -OCH3 is 1. The van der Waals surface area contributed by atoms with Crippen molar-refractivity contribution in [3.63, 3.8) is 0 Å². The molecule has 1 aromatic heterocycles. The Balaban J connectivity index is 1.49. The number of rotatable bonds is 6. The molecule has 1 atom stereocenters. The summed E-state index contributed by atoms with van der Waals surface area (Å²) in [5, 5.41) is 3.04. The van der Waals surface area contributed by atoms with E-state index >= 15 is 0 Å². The van der Waals surface area contributed by atoms with Crippen LogP contribution >= 0.6 is 11.3 Å². The number of hydrogen-bond acceptors (Lipinski definition) is 6. The number of aromatic nitrogens is 1. The molecule has 1 saturated heterocycles. The molecule has 0 unspecified atom stereocenters. The Morgan fingerprint density at radius 3 is 3.00 bits per heavy atom. The van der Waals surface area contributed by atoms with Gasteiger partial charge in [-0.2, -0.15) is 0 Å². The van der Waals surface area contributed by atoms with E-state index in [0.29, 0.717) is 6.61 Å². The molecule has 3 rings (SSSR count). The van der Waals surface area contributed by atoms with Gasteiger partial charge in [-0.25, -0.2) is 4.98 Å². The maximum Gasteiger partial charge on any atom is 0.161 e. The average molecular weight is 320 g/mol. The minimum atomic E-state index is 0.0833. The zero-order chi connectivity index (χ0) is 15.2. The van der Waals surface area contributed by atoms with Crippen LogP contribution in [0.3, 0.4) is 0 Å². The Hall–Kier alpha value is -1.63. The summed E-state index contributed by atoms with van der Waals surface area (Å²) < 4.78 is 16.9. The van der Waals surface area contributed by atoms with Crippen molar-refractivity contribution in [2.24, 2.45) is 0 Å². The van der Waals surface area contributed by atoms with E-state index in [1.807, 2.05) is 35.8 Å². The van der Waals surface area contributed by atoms with Crippen molar-refractivity contribution in [1.29, 1.82) is 0 Å². The first-order valence-corrected chi connectivity index (χ1v) is 8.24. The van der Waals surface area contributed by atoms with E-state index in [1.165, 1.54) is 0 Å². The number of ether oxygens (including phenoxy) is 3. The van der Waals surface area contributed by atoms with Gasteiger partial charge in [0.05, 0.1) is 13.7 Å². The van der Waals surface area contributed by atoms with Crippen molar-refractivity contribution in [3.05, 3.63) is 40.8 Å². The van der Waals surface area contributed by atoms with Crippen LogP contribution in [0.1, 0.15) is 11.1 Å². The van der Waals surface area contributed by atoms with Gasteiger partial charge in [-0.15, -0.1) is 11.3 Å². The van der Waals surface area contributed by atoms with Gasteiger partial charge in [0, 0.05) is 31.2 Å². The highest BCUT2D eigenvalue weighted by molar-refractivity contribution is 7.09. The highest BCUT2D eigenvalue weighted by Crippen LogP contribution is 2.26.